The Balaban J connectivity index is 4.18. The van der Waals surface area contributed by atoms with Crippen LogP contribution in [0.1, 0.15) is 34.6 Å². The average Bonchev–Trinajstić information content (AvgIpc) is 1.87. The van der Waals surface area contributed by atoms with Gasteiger partial charge < -0.3 is 0 Å². The topological polar surface area (TPSA) is 24.7 Å². The first-order chi connectivity index (χ1) is 5.07. The molecule has 2 heteroatoms. The molecule has 0 aromatic carbocycles. The Hall–Kier alpha value is -0.660. The normalized spacial score (nSPS) is 14.4. The second kappa shape index (κ2) is 5.05. The van der Waals surface area contributed by atoms with Crippen molar-refractivity contribution in [3.8, 4) is 0 Å². The van der Waals surface area contributed by atoms with Gasteiger partial charge >= 0.3 is 0 Å². The monoisotopic (exact) mass is 154 g/mol. The van der Waals surface area contributed by atoms with Gasteiger partial charge in [0.2, 0.25) is 0 Å². The summed E-state index contributed by atoms with van der Waals surface area (Å²) in [5, 5.41) is 0. The second-order valence-electron chi connectivity index (χ2n) is 2.93. The van der Waals surface area contributed by atoms with Crippen LogP contribution in [0.4, 0.5) is 0 Å². The van der Waals surface area contributed by atoms with Crippen molar-refractivity contribution in [2.45, 2.75) is 34.6 Å². The molecule has 0 N–H and O–H groups in total. The third kappa shape index (κ3) is 4.71. The summed E-state index contributed by atoms with van der Waals surface area (Å²) < 4.78 is 0. The standard InChI is InChI=1S/C9H18N2/c1-6-10-9(5)11-8(4)7(2)3/h7H,6H2,1-5H3/b10-9-,11-8-. The van der Waals surface area contributed by atoms with E-state index in [4.69, 9.17) is 0 Å². The molecule has 0 radical (unpaired) electrons. The largest absolute Gasteiger partial charge is 0.271 e. The fourth-order valence-electron chi connectivity index (χ4n) is 0.648. The van der Waals surface area contributed by atoms with Crippen LogP contribution in [0.3, 0.4) is 0 Å². The smallest absolute Gasteiger partial charge is 0.119 e. The molecule has 0 aromatic rings. The maximum Gasteiger partial charge on any atom is 0.119 e. The molecule has 0 spiro atoms. The van der Waals surface area contributed by atoms with Crippen molar-refractivity contribution < 1.29 is 0 Å². The van der Waals surface area contributed by atoms with Crippen molar-refractivity contribution in [3.05, 3.63) is 0 Å². The first-order valence-electron chi connectivity index (χ1n) is 4.14. The predicted molar refractivity (Wildman–Crippen MR) is 51.6 cm³/mol. The van der Waals surface area contributed by atoms with Crippen molar-refractivity contribution in [3.63, 3.8) is 0 Å². The van der Waals surface area contributed by atoms with Crippen LogP contribution in [0, 0.1) is 5.92 Å². The number of hydrogen-bond acceptors (Lipinski definition) is 1. The zero-order valence-electron chi connectivity index (χ0n) is 8.18. The number of hydrogen-bond donors (Lipinski definition) is 0. The van der Waals surface area contributed by atoms with E-state index in [1.54, 1.807) is 0 Å². The van der Waals surface area contributed by atoms with Gasteiger partial charge in [-0.15, -0.1) is 0 Å². The zero-order chi connectivity index (χ0) is 8.85. The molecule has 0 aromatic heterocycles. The average molecular weight is 154 g/mol. The predicted octanol–water partition coefficient (Wildman–Crippen LogP) is 2.54. The second-order valence-corrected chi connectivity index (χ2v) is 2.93. The van der Waals surface area contributed by atoms with Gasteiger partial charge in [0.25, 0.3) is 0 Å². The first-order valence-corrected chi connectivity index (χ1v) is 4.14. The summed E-state index contributed by atoms with van der Waals surface area (Å²) in [6, 6.07) is 0. The molecule has 0 atom stereocenters. The van der Waals surface area contributed by atoms with Crippen molar-refractivity contribution in [2.75, 3.05) is 6.54 Å². The Morgan fingerprint density at radius 1 is 1.27 bits per heavy atom. The highest BCUT2D eigenvalue weighted by Gasteiger charge is 1.97. The van der Waals surface area contributed by atoms with E-state index in [9.17, 15) is 0 Å². The van der Waals surface area contributed by atoms with E-state index < -0.39 is 0 Å². The van der Waals surface area contributed by atoms with Gasteiger partial charge in [-0.3, -0.25) is 4.99 Å². The van der Waals surface area contributed by atoms with Gasteiger partial charge in [-0.25, -0.2) is 4.99 Å². The minimum atomic E-state index is 0.525. The SMILES string of the molecule is CC/N=C(C)\N=C(\C)C(C)C. The summed E-state index contributed by atoms with van der Waals surface area (Å²) in [6.07, 6.45) is 0. The van der Waals surface area contributed by atoms with Gasteiger partial charge in [0.05, 0.1) is 0 Å². The van der Waals surface area contributed by atoms with Crippen LogP contribution < -0.4 is 0 Å². The molecule has 0 heterocycles. The van der Waals surface area contributed by atoms with E-state index in [1.165, 1.54) is 0 Å². The molecule has 0 saturated carbocycles. The van der Waals surface area contributed by atoms with Crippen molar-refractivity contribution >= 4 is 11.5 Å². The zero-order valence-corrected chi connectivity index (χ0v) is 8.18. The van der Waals surface area contributed by atoms with Crippen LogP contribution in [-0.2, 0) is 0 Å². The van der Waals surface area contributed by atoms with Crippen LogP contribution in [0.15, 0.2) is 9.98 Å². The minimum absolute atomic E-state index is 0.525. The lowest BCUT2D eigenvalue weighted by Crippen LogP contribution is -2.04. The van der Waals surface area contributed by atoms with E-state index in [2.05, 4.69) is 23.8 Å². The first kappa shape index (κ1) is 10.3. The highest BCUT2D eigenvalue weighted by molar-refractivity contribution is 5.96. The van der Waals surface area contributed by atoms with Crippen LogP contribution >= 0.6 is 0 Å². The molecule has 64 valence electrons. The van der Waals surface area contributed by atoms with Crippen LogP contribution in [0.25, 0.3) is 0 Å². The molecule has 0 amide bonds. The maximum atomic E-state index is 4.33. The Labute approximate surface area is 69.4 Å². The molecule has 0 saturated heterocycles. The molecular formula is C9H18N2. The van der Waals surface area contributed by atoms with Crippen LogP contribution in [0.5, 0.6) is 0 Å². The fourth-order valence-corrected chi connectivity index (χ4v) is 0.648. The van der Waals surface area contributed by atoms with Gasteiger partial charge in [-0.1, -0.05) is 13.8 Å². The number of aliphatic imine (C=N–C) groups is 2. The lowest BCUT2D eigenvalue weighted by atomic mass is 10.1. The molecule has 0 bridgehead atoms. The lowest BCUT2D eigenvalue weighted by Gasteiger charge is -2.02. The van der Waals surface area contributed by atoms with Gasteiger partial charge in [0.1, 0.15) is 5.84 Å². The van der Waals surface area contributed by atoms with Gasteiger partial charge in [-0.05, 0) is 26.7 Å². The summed E-state index contributed by atoms with van der Waals surface area (Å²) >= 11 is 0. The van der Waals surface area contributed by atoms with Crippen molar-refractivity contribution in [1.29, 1.82) is 0 Å². The van der Waals surface area contributed by atoms with Gasteiger partial charge in [0.15, 0.2) is 0 Å². The number of amidine groups is 1. The highest BCUT2D eigenvalue weighted by atomic mass is 14.9. The van der Waals surface area contributed by atoms with E-state index >= 15 is 0 Å². The molecule has 0 aliphatic heterocycles. The molecule has 0 aliphatic rings. The van der Waals surface area contributed by atoms with E-state index in [0.717, 1.165) is 18.1 Å². The summed E-state index contributed by atoms with van der Waals surface area (Å²) in [7, 11) is 0. The number of rotatable bonds is 2. The van der Waals surface area contributed by atoms with Gasteiger partial charge in [0, 0.05) is 12.3 Å². The van der Waals surface area contributed by atoms with Crippen molar-refractivity contribution in [2.24, 2.45) is 15.9 Å². The number of nitrogens with zero attached hydrogens (tertiary/aromatic N) is 2. The molecule has 0 unspecified atom stereocenters. The van der Waals surface area contributed by atoms with Crippen LogP contribution in [-0.4, -0.2) is 18.1 Å². The quantitative estimate of drug-likeness (QED) is 0.431. The Morgan fingerprint density at radius 3 is 2.18 bits per heavy atom. The maximum absolute atomic E-state index is 4.33. The molecule has 2 nitrogen and oxygen atoms in total. The Kier molecular flexibility index (Phi) is 4.75. The Morgan fingerprint density at radius 2 is 1.82 bits per heavy atom. The fraction of sp³-hybridized carbons (Fsp3) is 0.778. The van der Waals surface area contributed by atoms with Crippen molar-refractivity contribution in [1.82, 2.24) is 0 Å². The summed E-state index contributed by atoms with van der Waals surface area (Å²) in [5.41, 5.74) is 1.15. The molecule has 11 heavy (non-hydrogen) atoms. The molecule has 0 aliphatic carbocycles. The highest BCUT2D eigenvalue weighted by Crippen LogP contribution is 1.96. The third-order valence-corrected chi connectivity index (χ3v) is 1.56. The lowest BCUT2D eigenvalue weighted by molar-refractivity contribution is 0.879. The summed E-state index contributed by atoms with van der Waals surface area (Å²) in [6.45, 7) is 11.1. The summed E-state index contributed by atoms with van der Waals surface area (Å²) in [5.74, 6) is 1.41. The summed E-state index contributed by atoms with van der Waals surface area (Å²) in [4.78, 5) is 8.51. The molecule has 0 rings (SSSR count). The van der Waals surface area contributed by atoms with E-state index in [-0.39, 0.29) is 0 Å². The van der Waals surface area contributed by atoms with Gasteiger partial charge in [-0.2, -0.15) is 0 Å². The molecular weight excluding hydrogens is 136 g/mol. The Bertz CT molecular complexity index is 166. The van der Waals surface area contributed by atoms with E-state index in [1.807, 2.05) is 20.8 Å². The van der Waals surface area contributed by atoms with E-state index in [0.29, 0.717) is 5.92 Å². The van der Waals surface area contributed by atoms with Crippen LogP contribution in [0.2, 0.25) is 0 Å². The molecule has 0 fully saturated rings. The third-order valence-electron chi connectivity index (χ3n) is 1.56. The minimum Gasteiger partial charge on any atom is -0.271 e.